The van der Waals surface area contributed by atoms with Crippen molar-refractivity contribution in [2.75, 3.05) is 13.7 Å². The van der Waals surface area contributed by atoms with Crippen molar-refractivity contribution >= 4 is 29.0 Å². The minimum Gasteiger partial charge on any atom is -0.504 e. The minimum atomic E-state index is -0.279. The van der Waals surface area contributed by atoms with Gasteiger partial charge in [-0.2, -0.15) is 0 Å². The lowest BCUT2D eigenvalue weighted by molar-refractivity contribution is -0.122. The highest BCUT2D eigenvalue weighted by molar-refractivity contribution is 8.18. The third kappa shape index (κ3) is 3.59. The summed E-state index contributed by atoms with van der Waals surface area (Å²) in [6, 6.07) is 3.39. The highest BCUT2D eigenvalue weighted by Crippen LogP contribution is 2.36. The summed E-state index contributed by atoms with van der Waals surface area (Å²) in [7, 11) is 1.46. The summed E-state index contributed by atoms with van der Waals surface area (Å²) in [6.45, 7) is 6.00. The zero-order valence-electron chi connectivity index (χ0n) is 13.2. The second kappa shape index (κ2) is 7.37. The molecule has 1 N–H and O–H groups in total. The lowest BCUT2D eigenvalue weighted by atomic mass is 10.1. The average molecular weight is 333 g/mol. The lowest BCUT2D eigenvalue weighted by Gasteiger charge is -2.10. The van der Waals surface area contributed by atoms with Crippen molar-refractivity contribution in [1.82, 2.24) is 4.90 Å². The fraction of sp³-hybridized carbons (Fsp3) is 0.294. The van der Waals surface area contributed by atoms with Crippen LogP contribution in [0.25, 0.3) is 6.08 Å². The quantitative estimate of drug-likeness (QED) is 0.637. The molecule has 23 heavy (non-hydrogen) atoms. The molecule has 122 valence electrons. The maximum atomic E-state index is 12.3. The van der Waals surface area contributed by atoms with E-state index in [0.29, 0.717) is 34.7 Å². The number of imide groups is 1. The van der Waals surface area contributed by atoms with E-state index in [1.165, 1.54) is 12.0 Å². The number of hydrogen-bond donors (Lipinski definition) is 1. The number of carbonyl (C=O) groups is 2. The van der Waals surface area contributed by atoms with Crippen LogP contribution in [0.1, 0.15) is 24.5 Å². The summed E-state index contributed by atoms with van der Waals surface area (Å²) in [5.74, 6) is 0.103. The summed E-state index contributed by atoms with van der Waals surface area (Å²) in [4.78, 5) is 25.8. The molecule has 0 unspecified atom stereocenters. The van der Waals surface area contributed by atoms with E-state index in [1.807, 2.05) is 6.92 Å². The first kappa shape index (κ1) is 17.1. The monoisotopic (exact) mass is 333 g/mol. The van der Waals surface area contributed by atoms with Gasteiger partial charge in [-0.05, 0) is 48.4 Å². The lowest BCUT2D eigenvalue weighted by Crippen LogP contribution is -2.28. The number of rotatable bonds is 6. The summed E-state index contributed by atoms with van der Waals surface area (Å²) in [6.07, 6.45) is 4.52. The summed E-state index contributed by atoms with van der Waals surface area (Å²) < 4.78 is 5.16. The van der Waals surface area contributed by atoms with Crippen molar-refractivity contribution in [3.05, 3.63) is 40.8 Å². The molecular weight excluding hydrogens is 314 g/mol. The molecule has 1 saturated heterocycles. The molecule has 2 rings (SSSR count). The second-order valence-electron chi connectivity index (χ2n) is 5.06. The number of amides is 2. The Bertz CT molecular complexity index is 681. The van der Waals surface area contributed by atoms with E-state index in [4.69, 9.17) is 4.74 Å². The van der Waals surface area contributed by atoms with E-state index >= 15 is 0 Å². The first-order valence-corrected chi connectivity index (χ1v) is 8.09. The van der Waals surface area contributed by atoms with E-state index in [1.54, 1.807) is 24.3 Å². The topological polar surface area (TPSA) is 66.8 Å². The fourth-order valence-corrected chi connectivity index (χ4v) is 3.17. The molecule has 0 bridgehead atoms. The van der Waals surface area contributed by atoms with Gasteiger partial charge in [0.15, 0.2) is 11.5 Å². The van der Waals surface area contributed by atoms with Crippen LogP contribution in [-0.4, -0.2) is 34.8 Å². The minimum absolute atomic E-state index is 0.0589. The molecule has 1 fully saturated rings. The number of phenols is 1. The number of carbonyl (C=O) groups excluding carboxylic acids is 2. The van der Waals surface area contributed by atoms with Gasteiger partial charge in [0.1, 0.15) is 0 Å². The van der Waals surface area contributed by atoms with E-state index in [0.717, 1.165) is 18.2 Å². The van der Waals surface area contributed by atoms with Crippen LogP contribution in [0.15, 0.2) is 29.7 Å². The third-order valence-electron chi connectivity index (χ3n) is 3.38. The number of allylic oxidation sites excluding steroid dienone is 1. The SMILES string of the molecule is C=CCc1cc(/C=C2/SC(=O)N(CCC)C2=O)cc(OC)c1O. The Labute approximate surface area is 139 Å². The van der Waals surface area contributed by atoms with Gasteiger partial charge in [-0.1, -0.05) is 13.0 Å². The molecule has 0 atom stereocenters. The molecule has 0 aromatic heterocycles. The van der Waals surface area contributed by atoms with Crippen molar-refractivity contribution < 1.29 is 19.4 Å². The van der Waals surface area contributed by atoms with Crippen LogP contribution < -0.4 is 4.74 Å². The molecule has 5 nitrogen and oxygen atoms in total. The number of methoxy groups -OCH3 is 1. The van der Waals surface area contributed by atoms with Crippen LogP contribution in [0.4, 0.5) is 4.79 Å². The van der Waals surface area contributed by atoms with Crippen LogP contribution >= 0.6 is 11.8 Å². The first-order chi connectivity index (χ1) is 11.0. The van der Waals surface area contributed by atoms with Crippen LogP contribution in [-0.2, 0) is 11.2 Å². The molecule has 1 heterocycles. The molecule has 1 aliphatic rings. The maximum Gasteiger partial charge on any atom is 0.293 e. The molecule has 1 aromatic carbocycles. The Balaban J connectivity index is 2.39. The Morgan fingerprint density at radius 1 is 1.39 bits per heavy atom. The number of phenolic OH excluding ortho intramolecular Hbond substituents is 1. The Morgan fingerprint density at radius 3 is 2.74 bits per heavy atom. The molecule has 0 spiro atoms. The van der Waals surface area contributed by atoms with Gasteiger partial charge >= 0.3 is 0 Å². The van der Waals surface area contributed by atoms with Gasteiger partial charge in [-0.25, -0.2) is 0 Å². The van der Waals surface area contributed by atoms with Gasteiger partial charge < -0.3 is 9.84 Å². The number of nitrogens with zero attached hydrogens (tertiary/aromatic N) is 1. The van der Waals surface area contributed by atoms with E-state index in [2.05, 4.69) is 6.58 Å². The summed E-state index contributed by atoms with van der Waals surface area (Å²) in [5, 5.41) is 9.83. The zero-order valence-corrected chi connectivity index (χ0v) is 14.0. The van der Waals surface area contributed by atoms with E-state index in [-0.39, 0.29) is 16.9 Å². The fourth-order valence-electron chi connectivity index (χ4n) is 2.31. The number of aromatic hydroxyl groups is 1. The maximum absolute atomic E-state index is 12.3. The van der Waals surface area contributed by atoms with E-state index in [9.17, 15) is 14.7 Å². The largest absolute Gasteiger partial charge is 0.504 e. The van der Waals surface area contributed by atoms with Crippen molar-refractivity contribution in [2.24, 2.45) is 0 Å². The highest BCUT2D eigenvalue weighted by Gasteiger charge is 2.34. The van der Waals surface area contributed by atoms with Gasteiger partial charge in [-0.15, -0.1) is 6.58 Å². The molecule has 0 aliphatic carbocycles. The van der Waals surface area contributed by atoms with Crippen LogP contribution in [0.3, 0.4) is 0 Å². The van der Waals surface area contributed by atoms with Gasteiger partial charge in [-0.3, -0.25) is 14.5 Å². The number of ether oxygens (including phenoxy) is 1. The van der Waals surface area contributed by atoms with Gasteiger partial charge in [0.25, 0.3) is 11.1 Å². The van der Waals surface area contributed by atoms with Crippen molar-refractivity contribution in [2.45, 2.75) is 19.8 Å². The van der Waals surface area contributed by atoms with Crippen LogP contribution in [0, 0.1) is 0 Å². The zero-order chi connectivity index (χ0) is 17.0. The Hall–Kier alpha value is -2.21. The van der Waals surface area contributed by atoms with Gasteiger partial charge in [0.05, 0.1) is 12.0 Å². The van der Waals surface area contributed by atoms with Crippen molar-refractivity contribution in [3.63, 3.8) is 0 Å². The third-order valence-corrected chi connectivity index (χ3v) is 4.29. The summed E-state index contributed by atoms with van der Waals surface area (Å²) in [5.41, 5.74) is 1.34. The predicted molar refractivity (Wildman–Crippen MR) is 91.5 cm³/mol. The Morgan fingerprint density at radius 2 is 2.13 bits per heavy atom. The van der Waals surface area contributed by atoms with Crippen LogP contribution in [0.2, 0.25) is 0 Å². The van der Waals surface area contributed by atoms with E-state index < -0.39 is 0 Å². The molecular formula is C17H19NO4S. The number of hydrogen-bond acceptors (Lipinski definition) is 5. The number of thioether (sulfide) groups is 1. The van der Waals surface area contributed by atoms with Crippen molar-refractivity contribution in [3.8, 4) is 11.5 Å². The molecule has 0 saturated carbocycles. The van der Waals surface area contributed by atoms with Gasteiger partial charge in [0, 0.05) is 12.1 Å². The Kier molecular flexibility index (Phi) is 5.50. The first-order valence-electron chi connectivity index (χ1n) is 7.28. The standard InChI is InChI=1S/C17H19NO4S/c1-4-6-12-8-11(9-13(22-3)15(12)19)10-14-16(20)18(7-5-2)17(21)23-14/h4,8-10,19H,1,5-7H2,2-3H3/b14-10+. The normalized spacial score (nSPS) is 16.3. The predicted octanol–water partition coefficient (Wildman–Crippen LogP) is 3.58. The number of benzene rings is 1. The molecule has 6 heteroatoms. The second-order valence-corrected chi connectivity index (χ2v) is 6.05. The molecule has 1 aliphatic heterocycles. The smallest absolute Gasteiger partial charge is 0.293 e. The highest BCUT2D eigenvalue weighted by atomic mass is 32.2. The average Bonchev–Trinajstić information content (AvgIpc) is 2.78. The van der Waals surface area contributed by atoms with Gasteiger partial charge in [0.2, 0.25) is 0 Å². The van der Waals surface area contributed by atoms with Crippen molar-refractivity contribution in [1.29, 1.82) is 0 Å². The molecule has 0 radical (unpaired) electrons. The summed E-state index contributed by atoms with van der Waals surface area (Å²) >= 11 is 0.929. The molecule has 2 amide bonds. The molecule has 1 aromatic rings. The van der Waals surface area contributed by atoms with Crippen LogP contribution in [0.5, 0.6) is 11.5 Å².